The van der Waals surface area contributed by atoms with Gasteiger partial charge in [0, 0.05) is 11.9 Å². The fourth-order valence-electron chi connectivity index (χ4n) is 2.12. The van der Waals surface area contributed by atoms with Crippen LogP contribution in [0.3, 0.4) is 0 Å². The molecule has 6 nitrogen and oxygen atoms in total. The number of aryl methyl sites for hydroxylation is 1. The van der Waals surface area contributed by atoms with Crippen molar-refractivity contribution in [3.05, 3.63) is 47.1 Å². The minimum Gasteiger partial charge on any atom is -0.321 e. The highest BCUT2D eigenvalue weighted by molar-refractivity contribution is 7.08. The predicted molar refractivity (Wildman–Crippen MR) is 85.9 cm³/mol. The highest BCUT2D eigenvalue weighted by Crippen LogP contribution is 2.20. The van der Waals surface area contributed by atoms with Crippen LogP contribution in [-0.4, -0.2) is 25.7 Å². The average Bonchev–Trinajstić information content (AvgIpc) is 3.19. The number of rotatable bonds is 5. The van der Waals surface area contributed by atoms with Gasteiger partial charge in [0.2, 0.25) is 0 Å². The molecule has 1 amide bonds. The second-order valence-electron chi connectivity index (χ2n) is 4.80. The largest absolute Gasteiger partial charge is 0.321 e. The number of carbonyl (C=O) groups is 1. The van der Waals surface area contributed by atoms with E-state index in [1.807, 2.05) is 30.3 Å². The molecule has 0 atom stereocenters. The summed E-state index contributed by atoms with van der Waals surface area (Å²) < 4.78 is 3.87. The van der Waals surface area contributed by atoms with Gasteiger partial charge in [0.1, 0.15) is 4.88 Å². The number of carbonyl (C=O) groups excluding carboxylic acids is 1. The van der Waals surface area contributed by atoms with Crippen molar-refractivity contribution in [3.8, 4) is 11.3 Å². The number of aromatic amines is 1. The first-order valence-corrected chi connectivity index (χ1v) is 7.77. The zero-order valence-corrected chi connectivity index (χ0v) is 12.9. The zero-order chi connectivity index (χ0) is 15.4. The van der Waals surface area contributed by atoms with E-state index < -0.39 is 0 Å². The summed E-state index contributed by atoms with van der Waals surface area (Å²) in [6.45, 7) is 2.05. The lowest BCUT2D eigenvalue weighted by Gasteiger charge is -2.05. The highest BCUT2D eigenvalue weighted by Gasteiger charge is 2.15. The lowest BCUT2D eigenvalue weighted by molar-refractivity contribution is 0.102. The Kier molecular flexibility index (Phi) is 4.24. The second-order valence-corrected chi connectivity index (χ2v) is 5.55. The molecule has 3 rings (SSSR count). The summed E-state index contributed by atoms with van der Waals surface area (Å²) in [7, 11) is 0. The van der Waals surface area contributed by atoms with Crippen molar-refractivity contribution < 1.29 is 4.79 Å². The average molecular weight is 313 g/mol. The number of hydrogen-bond acceptors (Lipinski definition) is 5. The van der Waals surface area contributed by atoms with Crippen molar-refractivity contribution >= 4 is 23.1 Å². The summed E-state index contributed by atoms with van der Waals surface area (Å²) in [6.07, 6.45) is 3.40. The van der Waals surface area contributed by atoms with Crippen LogP contribution < -0.4 is 5.32 Å². The summed E-state index contributed by atoms with van der Waals surface area (Å²) in [4.78, 5) is 12.9. The van der Waals surface area contributed by atoms with Gasteiger partial charge in [0.15, 0.2) is 0 Å². The molecule has 0 fully saturated rings. The third-order valence-corrected chi connectivity index (χ3v) is 3.97. The van der Waals surface area contributed by atoms with E-state index >= 15 is 0 Å². The Labute approximate surface area is 131 Å². The molecule has 0 saturated heterocycles. The first kappa shape index (κ1) is 14.4. The molecule has 1 aromatic carbocycles. The van der Waals surface area contributed by atoms with E-state index in [1.165, 1.54) is 0 Å². The van der Waals surface area contributed by atoms with Gasteiger partial charge in [-0.15, -0.1) is 5.10 Å². The van der Waals surface area contributed by atoms with Crippen LogP contribution in [0, 0.1) is 0 Å². The fourth-order valence-corrected chi connectivity index (χ4v) is 2.72. The molecule has 0 bridgehead atoms. The number of nitrogens with one attached hydrogen (secondary N) is 2. The smallest absolute Gasteiger partial charge is 0.269 e. The molecular weight excluding hydrogens is 298 g/mol. The first-order chi connectivity index (χ1) is 10.8. The molecule has 0 aliphatic rings. The molecule has 0 radical (unpaired) electrons. The fraction of sp³-hybridized carbons (Fsp3) is 0.200. The Bertz CT molecular complexity index is 749. The Balaban J connectivity index is 1.73. The summed E-state index contributed by atoms with van der Waals surface area (Å²) in [5.74, 6) is -0.159. The van der Waals surface area contributed by atoms with Crippen molar-refractivity contribution in [2.24, 2.45) is 0 Å². The van der Waals surface area contributed by atoms with E-state index in [2.05, 4.69) is 32.0 Å². The van der Waals surface area contributed by atoms with Crippen LogP contribution in [-0.2, 0) is 6.42 Å². The summed E-state index contributed by atoms with van der Waals surface area (Å²) in [6, 6.07) is 9.49. The molecule has 0 unspecified atom stereocenters. The van der Waals surface area contributed by atoms with E-state index in [4.69, 9.17) is 0 Å². The van der Waals surface area contributed by atoms with Gasteiger partial charge in [-0.2, -0.15) is 5.10 Å². The van der Waals surface area contributed by atoms with Gasteiger partial charge >= 0.3 is 0 Å². The minimum absolute atomic E-state index is 0.159. The van der Waals surface area contributed by atoms with Crippen molar-refractivity contribution in [2.75, 3.05) is 5.32 Å². The summed E-state index contributed by atoms with van der Waals surface area (Å²) >= 11 is 1.13. The summed E-state index contributed by atoms with van der Waals surface area (Å²) in [5, 5.41) is 13.7. The zero-order valence-electron chi connectivity index (χ0n) is 12.0. The molecule has 0 aliphatic heterocycles. The molecule has 2 N–H and O–H groups in total. The van der Waals surface area contributed by atoms with Crippen LogP contribution in [0.5, 0.6) is 0 Å². The molecule has 0 aliphatic carbocycles. The van der Waals surface area contributed by atoms with Crippen molar-refractivity contribution in [1.29, 1.82) is 0 Å². The van der Waals surface area contributed by atoms with Crippen LogP contribution in [0.2, 0.25) is 0 Å². The number of nitrogens with zero attached hydrogens (tertiary/aromatic N) is 3. The maximum Gasteiger partial charge on any atom is 0.269 e. The molecule has 2 aromatic heterocycles. The van der Waals surface area contributed by atoms with Gasteiger partial charge in [-0.1, -0.05) is 30.0 Å². The predicted octanol–water partition coefficient (Wildman–Crippen LogP) is 3.13. The number of amides is 1. The number of anilines is 1. The second kappa shape index (κ2) is 6.48. The molecule has 2 heterocycles. The third kappa shape index (κ3) is 3.04. The Hall–Kier alpha value is -2.54. The van der Waals surface area contributed by atoms with Gasteiger partial charge in [-0.3, -0.25) is 9.89 Å². The molecule has 0 saturated carbocycles. The summed E-state index contributed by atoms with van der Waals surface area (Å²) in [5.41, 5.74) is 3.46. The first-order valence-electron chi connectivity index (χ1n) is 7.00. The topological polar surface area (TPSA) is 83.6 Å². The number of H-pyrrole nitrogens is 1. The lowest BCUT2D eigenvalue weighted by Crippen LogP contribution is -2.12. The number of hydrogen-bond donors (Lipinski definition) is 2. The SMILES string of the molecule is CCCc1nnsc1C(=O)Nc1ccc(-c2ccn[nH]2)cc1. The Morgan fingerprint density at radius 3 is 2.77 bits per heavy atom. The maximum atomic E-state index is 12.3. The van der Waals surface area contributed by atoms with Crippen LogP contribution in [0.15, 0.2) is 36.5 Å². The van der Waals surface area contributed by atoms with Gasteiger partial charge < -0.3 is 5.32 Å². The highest BCUT2D eigenvalue weighted by atomic mass is 32.1. The van der Waals surface area contributed by atoms with E-state index in [0.717, 1.165) is 47.0 Å². The quantitative estimate of drug-likeness (QED) is 0.758. The third-order valence-electron chi connectivity index (χ3n) is 3.20. The van der Waals surface area contributed by atoms with E-state index in [1.54, 1.807) is 6.20 Å². The normalized spacial score (nSPS) is 10.6. The van der Waals surface area contributed by atoms with Gasteiger partial charge in [0.05, 0.1) is 11.4 Å². The van der Waals surface area contributed by atoms with Crippen molar-refractivity contribution in [1.82, 2.24) is 19.8 Å². The van der Waals surface area contributed by atoms with Gasteiger partial charge in [-0.25, -0.2) is 0 Å². The molecule has 3 aromatic rings. The van der Waals surface area contributed by atoms with Gasteiger partial charge in [-0.05, 0) is 41.7 Å². The molecule has 0 spiro atoms. The van der Waals surface area contributed by atoms with Crippen molar-refractivity contribution in [3.63, 3.8) is 0 Å². The van der Waals surface area contributed by atoms with Crippen LogP contribution in [0.1, 0.15) is 28.7 Å². The number of aromatic nitrogens is 4. The Morgan fingerprint density at radius 1 is 1.27 bits per heavy atom. The Morgan fingerprint density at radius 2 is 2.09 bits per heavy atom. The number of benzene rings is 1. The maximum absolute atomic E-state index is 12.3. The monoisotopic (exact) mass is 313 g/mol. The van der Waals surface area contributed by atoms with E-state index in [-0.39, 0.29) is 5.91 Å². The molecule has 112 valence electrons. The van der Waals surface area contributed by atoms with E-state index in [9.17, 15) is 4.79 Å². The van der Waals surface area contributed by atoms with Crippen molar-refractivity contribution in [2.45, 2.75) is 19.8 Å². The molecular formula is C15H15N5OS. The minimum atomic E-state index is -0.159. The lowest BCUT2D eigenvalue weighted by atomic mass is 10.1. The molecule has 22 heavy (non-hydrogen) atoms. The van der Waals surface area contributed by atoms with Crippen LogP contribution >= 0.6 is 11.5 Å². The van der Waals surface area contributed by atoms with Gasteiger partial charge in [0.25, 0.3) is 5.91 Å². The van der Waals surface area contributed by atoms with Crippen LogP contribution in [0.25, 0.3) is 11.3 Å². The molecule has 7 heteroatoms. The van der Waals surface area contributed by atoms with E-state index in [0.29, 0.717) is 4.88 Å². The van der Waals surface area contributed by atoms with Crippen LogP contribution in [0.4, 0.5) is 5.69 Å². The standard InChI is InChI=1S/C15H15N5OS/c1-2-3-13-14(22-20-19-13)15(21)17-11-6-4-10(5-7-11)12-8-9-16-18-12/h4-9H,2-3H2,1H3,(H,16,18)(H,17,21).